The Morgan fingerprint density at radius 2 is 2.37 bits per heavy atom. The first kappa shape index (κ1) is 12.5. The quantitative estimate of drug-likeness (QED) is 0.846. The molecule has 1 N–H and O–H groups in total. The summed E-state index contributed by atoms with van der Waals surface area (Å²) in [6.07, 6.45) is 12.6. The summed E-state index contributed by atoms with van der Waals surface area (Å²) in [6, 6.07) is 0. The Morgan fingerprint density at radius 3 is 3.21 bits per heavy atom. The maximum absolute atomic E-state index is 12.1. The van der Waals surface area contributed by atoms with E-state index in [2.05, 4.69) is 27.2 Å². The van der Waals surface area contributed by atoms with Crippen LogP contribution in [0.4, 0.5) is 0 Å². The van der Waals surface area contributed by atoms with Gasteiger partial charge in [-0.15, -0.1) is 0 Å². The van der Waals surface area contributed by atoms with Crippen LogP contribution in [0.2, 0.25) is 0 Å². The highest BCUT2D eigenvalue weighted by Crippen LogP contribution is 2.20. The van der Waals surface area contributed by atoms with Crippen LogP contribution in [-0.4, -0.2) is 15.7 Å². The molecule has 3 rings (SSSR count). The third-order valence-corrected chi connectivity index (χ3v) is 4.16. The lowest BCUT2D eigenvalue weighted by Crippen LogP contribution is -2.31. The van der Waals surface area contributed by atoms with Crippen LogP contribution in [0.25, 0.3) is 0 Å². The summed E-state index contributed by atoms with van der Waals surface area (Å²) in [7, 11) is 0. The Labute approximate surface area is 113 Å². The topological polar surface area (TPSA) is 46.9 Å². The fourth-order valence-electron chi connectivity index (χ4n) is 2.99. The predicted molar refractivity (Wildman–Crippen MR) is 73.5 cm³/mol. The lowest BCUT2D eigenvalue weighted by atomic mass is 9.93. The summed E-state index contributed by atoms with van der Waals surface area (Å²) in [5, 5.41) is 7.48. The minimum Gasteiger partial charge on any atom is -0.352 e. The van der Waals surface area contributed by atoms with Crippen molar-refractivity contribution in [3.8, 4) is 0 Å². The Balaban J connectivity index is 1.58. The molecule has 102 valence electrons. The zero-order valence-corrected chi connectivity index (χ0v) is 11.3. The number of hydrogen-bond acceptors (Lipinski definition) is 2. The van der Waals surface area contributed by atoms with E-state index in [9.17, 15) is 4.79 Å². The van der Waals surface area contributed by atoms with E-state index in [1.54, 1.807) is 0 Å². The minimum atomic E-state index is 0.163. The second-order valence-corrected chi connectivity index (χ2v) is 5.50. The third kappa shape index (κ3) is 2.72. The van der Waals surface area contributed by atoms with Crippen molar-refractivity contribution in [2.45, 2.75) is 51.6 Å². The van der Waals surface area contributed by atoms with Gasteiger partial charge in [0.05, 0.1) is 6.20 Å². The smallest absolute Gasteiger partial charge is 0.223 e. The number of rotatable bonds is 3. The Hall–Kier alpha value is -1.58. The van der Waals surface area contributed by atoms with Crippen LogP contribution in [0.15, 0.2) is 18.3 Å². The van der Waals surface area contributed by atoms with Crippen molar-refractivity contribution in [3.05, 3.63) is 29.6 Å². The van der Waals surface area contributed by atoms with Crippen LogP contribution in [0, 0.1) is 5.92 Å². The largest absolute Gasteiger partial charge is 0.352 e. The minimum absolute atomic E-state index is 0.163. The zero-order chi connectivity index (χ0) is 13.1. The van der Waals surface area contributed by atoms with Crippen LogP contribution in [-0.2, 0) is 24.3 Å². The van der Waals surface area contributed by atoms with Gasteiger partial charge in [0, 0.05) is 30.3 Å². The van der Waals surface area contributed by atoms with Crippen molar-refractivity contribution in [3.63, 3.8) is 0 Å². The van der Waals surface area contributed by atoms with Gasteiger partial charge in [-0.1, -0.05) is 12.2 Å². The summed E-state index contributed by atoms with van der Waals surface area (Å²) < 4.78 is 2.09. The molecule has 1 atom stereocenters. The van der Waals surface area contributed by atoms with E-state index in [4.69, 9.17) is 0 Å². The molecule has 19 heavy (non-hydrogen) atoms. The second kappa shape index (κ2) is 5.59. The molecule has 2 heterocycles. The fraction of sp³-hybridized carbons (Fsp3) is 0.600. The van der Waals surface area contributed by atoms with Crippen molar-refractivity contribution >= 4 is 5.91 Å². The monoisotopic (exact) mass is 259 g/mol. The lowest BCUT2D eigenvalue weighted by molar-refractivity contribution is -0.125. The van der Waals surface area contributed by atoms with E-state index >= 15 is 0 Å². The summed E-state index contributed by atoms with van der Waals surface area (Å²) in [4.78, 5) is 12.1. The third-order valence-electron chi connectivity index (χ3n) is 4.16. The molecule has 0 unspecified atom stereocenters. The molecule has 1 aromatic rings. The molecule has 1 amide bonds. The average Bonchev–Trinajstić information content (AvgIpc) is 2.89. The van der Waals surface area contributed by atoms with E-state index < -0.39 is 0 Å². The second-order valence-electron chi connectivity index (χ2n) is 5.50. The molecule has 0 fully saturated rings. The van der Waals surface area contributed by atoms with Crippen LogP contribution in [0.5, 0.6) is 0 Å². The molecule has 1 aliphatic carbocycles. The Kier molecular flexibility index (Phi) is 3.67. The van der Waals surface area contributed by atoms with Gasteiger partial charge in [0.15, 0.2) is 0 Å². The summed E-state index contributed by atoms with van der Waals surface area (Å²) >= 11 is 0. The van der Waals surface area contributed by atoms with Crippen molar-refractivity contribution in [1.29, 1.82) is 0 Å². The van der Waals surface area contributed by atoms with Crippen molar-refractivity contribution < 1.29 is 4.79 Å². The van der Waals surface area contributed by atoms with Gasteiger partial charge in [-0.05, 0) is 38.5 Å². The molecule has 4 heteroatoms. The highest BCUT2D eigenvalue weighted by Gasteiger charge is 2.20. The number of carbonyl (C=O) groups is 1. The lowest BCUT2D eigenvalue weighted by Gasteiger charge is -2.18. The molecule has 1 aliphatic heterocycles. The Bertz CT molecular complexity index is 490. The molecule has 0 bridgehead atoms. The number of amides is 1. The molecular formula is C15H21N3O. The normalized spacial score (nSPS) is 22.0. The number of aryl methyl sites for hydroxylation is 1. The molecule has 0 radical (unpaired) electrons. The fourth-order valence-corrected chi connectivity index (χ4v) is 2.99. The summed E-state index contributed by atoms with van der Waals surface area (Å²) in [6.45, 7) is 1.66. The molecule has 1 aromatic heterocycles. The molecular weight excluding hydrogens is 238 g/mol. The van der Waals surface area contributed by atoms with Crippen molar-refractivity contribution in [2.75, 3.05) is 0 Å². The van der Waals surface area contributed by atoms with Gasteiger partial charge in [-0.3, -0.25) is 9.48 Å². The number of carbonyl (C=O) groups excluding carboxylic acids is 1. The van der Waals surface area contributed by atoms with E-state index in [0.29, 0.717) is 6.54 Å². The first-order valence-corrected chi connectivity index (χ1v) is 7.31. The molecule has 0 spiro atoms. The standard InChI is InChI=1S/C15H21N3O/c19-15(12-6-2-1-3-7-12)16-10-13-11-17-18-9-5-4-8-14(13)18/h1-2,11-12H,3-10H2,(H,16,19)/t12-/m0/s1. The summed E-state index contributed by atoms with van der Waals surface area (Å²) in [5.41, 5.74) is 2.51. The molecule has 4 nitrogen and oxygen atoms in total. The maximum atomic E-state index is 12.1. The van der Waals surface area contributed by atoms with E-state index in [0.717, 1.165) is 32.2 Å². The summed E-state index contributed by atoms with van der Waals surface area (Å²) in [5.74, 6) is 0.358. The number of hydrogen-bond donors (Lipinski definition) is 1. The first-order valence-electron chi connectivity index (χ1n) is 7.31. The van der Waals surface area contributed by atoms with E-state index in [1.807, 2.05) is 6.20 Å². The Morgan fingerprint density at radius 1 is 1.42 bits per heavy atom. The highest BCUT2D eigenvalue weighted by atomic mass is 16.1. The SMILES string of the molecule is O=C(NCc1cnn2c1CCCC2)[C@H]1CC=CCC1. The average molecular weight is 259 g/mol. The highest BCUT2D eigenvalue weighted by molar-refractivity contribution is 5.78. The van der Waals surface area contributed by atoms with Gasteiger partial charge in [0.25, 0.3) is 0 Å². The van der Waals surface area contributed by atoms with Crippen molar-refractivity contribution in [2.24, 2.45) is 5.92 Å². The van der Waals surface area contributed by atoms with Gasteiger partial charge >= 0.3 is 0 Å². The van der Waals surface area contributed by atoms with Crippen LogP contribution < -0.4 is 5.32 Å². The molecule has 0 saturated carbocycles. The van der Waals surface area contributed by atoms with Gasteiger partial charge in [0.1, 0.15) is 0 Å². The number of aromatic nitrogens is 2. The van der Waals surface area contributed by atoms with Crippen LogP contribution in [0.1, 0.15) is 43.4 Å². The predicted octanol–water partition coefficient (Wildman–Crippen LogP) is 2.19. The van der Waals surface area contributed by atoms with Crippen LogP contribution in [0.3, 0.4) is 0 Å². The number of allylic oxidation sites excluding steroid dienone is 2. The maximum Gasteiger partial charge on any atom is 0.223 e. The van der Waals surface area contributed by atoms with Crippen LogP contribution >= 0.6 is 0 Å². The van der Waals surface area contributed by atoms with Gasteiger partial charge < -0.3 is 5.32 Å². The van der Waals surface area contributed by atoms with E-state index in [-0.39, 0.29) is 11.8 Å². The molecule has 0 saturated heterocycles. The first-order chi connectivity index (χ1) is 9.34. The van der Waals surface area contributed by atoms with Gasteiger partial charge in [0.2, 0.25) is 5.91 Å². The van der Waals surface area contributed by atoms with E-state index in [1.165, 1.54) is 24.1 Å². The van der Waals surface area contributed by atoms with Crippen molar-refractivity contribution in [1.82, 2.24) is 15.1 Å². The number of fused-ring (bicyclic) bond motifs is 1. The number of nitrogens with zero attached hydrogens (tertiary/aromatic N) is 2. The van der Waals surface area contributed by atoms with Gasteiger partial charge in [-0.2, -0.15) is 5.10 Å². The number of nitrogens with one attached hydrogen (secondary N) is 1. The molecule has 2 aliphatic rings. The molecule has 0 aromatic carbocycles. The zero-order valence-electron chi connectivity index (χ0n) is 11.3. The van der Waals surface area contributed by atoms with Gasteiger partial charge in [-0.25, -0.2) is 0 Å².